The van der Waals surface area contributed by atoms with Gasteiger partial charge in [0.05, 0.1) is 16.7 Å². The summed E-state index contributed by atoms with van der Waals surface area (Å²) in [6, 6.07) is 5.97. The number of aliphatic hydroxyl groups is 1. The maximum atomic E-state index is 13.7. The van der Waals surface area contributed by atoms with Gasteiger partial charge >= 0.3 is 0 Å². The van der Waals surface area contributed by atoms with Gasteiger partial charge in [-0.1, -0.05) is 6.07 Å². The van der Waals surface area contributed by atoms with E-state index in [9.17, 15) is 14.3 Å². The zero-order valence-corrected chi connectivity index (χ0v) is 12.4. The van der Waals surface area contributed by atoms with E-state index in [4.69, 9.17) is 0 Å². The summed E-state index contributed by atoms with van der Waals surface area (Å²) >= 11 is 0. The summed E-state index contributed by atoms with van der Waals surface area (Å²) in [5.41, 5.74) is -0.322. The van der Waals surface area contributed by atoms with Crippen LogP contribution in [-0.2, 0) is 0 Å². The highest BCUT2D eigenvalue weighted by Crippen LogP contribution is 2.20. The molecule has 4 nitrogen and oxygen atoms in total. The predicted molar refractivity (Wildman–Crippen MR) is 79.6 cm³/mol. The molecule has 0 saturated heterocycles. The van der Waals surface area contributed by atoms with Crippen LogP contribution in [0.25, 0.3) is 10.9 Å². The van der Waals surface area contributed by atoms with E-state index >= 15 is 0 Å². The Labute approximate surface area is 123 Å². The van der Waals surface area contributed by atoms with Crippen molar-refractivity contribution >= 4 is 16.8 Å². The molecule has 0 unspecified atom stereocenters. The third-order valence-corrected chi connectivity index (χ3v) is 3.15. The zero-order valence-electron chi connectivity index (χ0n) is 12.4. The van der Waals surface area contributed by atoms with Gasteiger partial charge in [0.15, 0.2) is 0 Å². The van der Waals surface area contributed by atoms with Crippen LogP contribution in [0.2, 0.25) is 0 Å². The first-order valence-corrected chi connectivity index (χ1v) is 6.88. The van der Waals surface area contributed by atoms with Gasteiger partial charge in [0, 0.05) is 24.7 Å². The SMILES string of the molecule is CCN(CC(C)(C)O)C(=O)c1cc(F)cc2cccnc12. The van der Waals surface area contributed by atoms with Crippen molar-refractivity contribution in [1.29, 1.82) is 0 Å². The fraction of sp³-hybridized carbons (Fsp3) is 0.375. The highest BCUT2D eigenvalue weighted by molar-refractivity contribution is 6.05. The normalized spacial score (nSPS) is 11.7. The van der Waals surface area contributed by atoms with E-state index in [1.165, 1.54) is 17.0 Å². The van der Waals surface area contributed by atoms with Crippen molar-refractivity contribution in [3.05, 3.63) is 41.8 Å². The Bertz CT molecular complexity index is 665. The highest BCUT2D eigenvalue weighted by Gasteiger charge is 2.24. The molecule has 1 aromatic heterocycles. The number of benzene rings is 1. The van der Waals surface area contributed by atoms with Crippen molar-refractivity contribution in [2.75, 3.05) is 13.1 Å². The number of pyridine rings is 1. The molecule has 0 atom stereocenters. The quantitative estimate of drug-likeness (QED) is 0.941. The number of halogens is 1. The lowest BCUT2D eigenvalue weighted by atomic mass is 10.1. The Morgan fingerprint density at radius 3 is 2.76 bits per heavy atom. The van der Waals surface area contributed by atoms with E-state index in [1.54, 1.807) is 32.2 Å². The number of likely N-dealkylation sites (N-methyl/N-ethyl adjacent to an activating group) is 1. The van der Waals surface area contributed by atoms with E-state index < -0.39 is 11.4 Å². The lowest BCUT2D eigenvalue weighted by molar-refractivity contribution is 0.0315. The number of amides is 1. The molecular formula is C16H19FN2O2. The van der Waals surface area contributed by atoms with Crippen molar-refractivity contribution in [2.45, 2.75) is 26.4 Å². The van der Waals surface area contributed by atoms with Crippen LogP contribution in [0.4, 0.5) is 4.39 Å². The monoisotopic (exact) mass is 290 g/mol. The van der Waals surface area contributed by atoms with Crippen molar-refractivity contribution < 1.29 is 14.3 Å². The first-order valence-electron chi connectivity index (χ1n) is 6.88. The fourth-order valence-corrected chi connectivity index (χ4v) is 2.28. The molecule has 0 saturated carbocycles. The van der Waals surface area contributed by atoms with Gasteiger partial charge in [-0.25, -0.2) is 4.39 Å². The molecule has 0 bridgehead atoms. The highest BCUT2D eigenvalue weighted by atomic mass is 19.1. The zero-order chi connectivity index (χ0) is 15.6. The third kappa shape index (κ3) is 3.55. The second-order valence-corrected chi connectivity index (χ2v) is 5.66. The molecule has 0 aliphatic heterocycles. The van der Waals surface area contributed by atoms with Gasteiger partial charge in [0.25, 0.3) is 5.91 Å². The molecule has 0 aliphatic carbocycles. The molecule has 1 amide bonds. The number of nitrogens with zero attached hydrogens (tertiary/aromatic N) is 2. The molecule has 0 spiro atoms. The lowest BCUT2D eigenvalue weighted by Gasteiger charge is -2.28. The number of fused-ring (bicyclic) bond motifs is 1. The molecule has 1 heterocycles. The summed E-state index contributed by atoms with van der Waals surface area (Å²) in [7, 11) is 0. The van der Waals surface area contributed by atoms with Crippen molar-refractivity contribution in [2.24, 2.45) is 0 Å². The summed E-state index contributed by atoms with van der Waals surface area (Å²) in [4.78, 5) is 18.3. The summed E-state index contributed by atoms with van der Waals surface area (Å²) in [6.07, 6.45) is 1.57. The number of carbonyl (C=O) groups excluding carboxylic acids is 1. The molecule has 1 aromatic carbocycles. The maximum absolute atomic E-state index is 13.7. The average Bonchev–Trinajstić information content (AvgIpc) is 2.42. The van der Waals surface area contributed by atoms with Crippen LogP contribution >= 0.6 is 0 Å². The molecule has 21 heavy (non-hydrogen) atoms. The van der Waals surface area contributed by atoms with E-state index in [2.05, 4.69) is 4.98 Å². The second kappa shape index (κ2) is 5.77. The molecular weight excluding hydrogens is 271 g/mol. The molecule has 2 rings (SSSR count). The van der Waals surface area contributed by atoms with Crippen LogP contribution in [0.3, 0.4) is 0 Å². The van der Waals surface area contributed by atoms with E-state index in [-0.39, 0.29) is 18.0 Å². The Morgan fingerprint density at radius 1 is 1.43 bits per heavy atom. The van der Waals surface area contributed by atoms with Crippen LogP contribution < -0.4 is 0 Å². The summed E-state index contributed by atoms with van der Waals surface area (Å²) in [5, 5.41) is 10.5. The van der Waals surface area contributed by atoms with E-state index in [0.29, 0.717) is 17.4 Å². The van der Waals surface area contributed by atoms with Crippen molar-refractivity contribution in [3.8, 4) is 0 Å². The molecule has 0 radical (unpaired) electrons. The predicted octanol–water partition coefficient (Wildman–Crippen LogP) is 2.61. The summed E-state index contributed by atoms with van der Waals surface area (Å²) in [5.74, 6) is -0.805. The molecule has 1 N–H and O–H groups in total. The molecule has 0 aliphatic rings. The van der Waals surface area contributed by atoms with Crippen molar-refractivity contribution in [3.63, 3.8) is 0 Å². The first kappa shape index (κ1) is 15.4. The molecule has 112 valence electrons. The van der Waals surface area contributed by atoms with Gasteiger partial charge in [0.2, 0.25) is 0 Å². The fourth-order valence-electron chi connectivity index (χ4n) is 2.28. The van der Waals surface area contributed by atoms with Gasteiger partial charge in [-0.2, -0.15) is 0 Å². The Morgan fingerprint density at radius 2 is 2.14 bits per heavy atom. The van der Waals surface area contributed by atoms with Gasteiger partial charge in [-0.3, -0.25) is 9.78 Å². The van der Waals surface area contributed by atoms with Gasteiger partial charge in [0.1, 0.15) is 5.82 Å². The first-order chi connectivity index (χ1) is 9.81. The number of aromatic nitrogens is 1. The Hall–Kier alpha value is -2.01. The second-order valence-electron chi connectivity index (χ2n) is 5.66. The minimum absolute atomic E-state index is 0.174. The number of hydrogen-bond acceptors (Lipinski definition) is 3. The van der Waals surface area contributed by atoms with Crippen LogP contribution in [0.15, 0.2) is 30.5 Å². The van der Waals surface area contributed by atoms with Crippen LogP contribution in [0, 0.1) is 5.82 Å². The average molecular weight is 290 g/mol. The van der Waals surface area contributed by atoms with E-state index in [1.807, 2.05) is 6.92 Å². The summed E-state index contributed by atoms with van der Waals surface area (Å²) < 4.78 is 13.7. The lowest BCUT2D eigenvalue weighted by Crippen LogP contribution is -2.42. The van der Waals surface area contributed by atoms with Crippen LogP contribution in [0.5, 0.6) is 0 Å². The standard InChI is InChI=1S/C16H19FN2O2/c1-4-19(10-16(2,3)21)15(20)13-9-12(17)8-11-6-5-7-18-14(11)13/h5-9,21H,4,10H2,1-3H3. The van der Waals surface area contributed by atoms with Crippen LogP contribution in [-0.4, -0.2) is 39.6 Å². The number of rotatable bonds is 4. The largest absolute Gasteiger partial charge is 0.389 e. The Kier molecular flexibility index (Phi) is 4.23. The van der Waals surface area contributed by atoms with E-state index in [0.717, 1.165) is 0 Å². The van der Waals surface area contributed by atoms with Gasteiger partial charge < -0.3 is 10.0 Å². The third-order valence-electron chi connectivity index (χ3n) is 3.15. The van der Waals surface area contributed by atoms with Gasteiger partial charge in [-0.15, -0.1) is 0 Å². The summed E-state index contributed by atoms with van der Waals surface area (Å²) in [6.45, 7) is 5.68. The molecule has 5 heteroatoms. The minimum atomic E-state index is -1.01. The molecule has 2 aromatic rings. The minimum Gasteiger partial charge on any atom is -0.389 e. The number of hydrogen-bond donors (Lipinski definition) is 1. The van der Waals surface area contributed by atoms with Gasteiger partial charge in [-0.05, 0) is 39.0 Å². The molecule has 0 fully saturated rings. The maximum Gasteiger partial charge on any atom is 0.256 e. The smallest absolute Gasteiger partial charge is 0.256 e. The topological polar surface area (TPSA) is 53.4 Å². The number of carbonyl (C=O) groups is 1. The van der Waals surface area contributed by atoms with Crippen LogP contribution in [0.1, 0.15) is 31.1 Å². The van der Waals surface area contributed by atoms with Crippen molar-refractivity contribution in [1.82, 2.24) is 9.88 Å². The Balaban J connectivity index is 2.47.